The van der Waals surface area contributed by atoms with Gasteiger partial charge in [0.1, 0.15) is 23.5 Å². The minimum absolute atomic E-state index is 0.0392. The predicted octanol–water partition coefficient (Wildman–Crippen LogP) is 7.26. The molecule has 0 bridgehead atoms. The van der Waals surface area contributed by atoms with Crippen LogP contribution in [0.25, 0.3) is 0 Å². The van der Waals surface area contributed by atoms with E-state index in [1.807, 2.05) is 0 Å². The van der Waals surface area contributed by atoms with E-state index in [1.165, 1.54) is 24.4 Å². The summed E-state index contributed by atoms with van der Waals surface area (Å²) in [6.07, 6.45) is -1.65. The van der Waals surface area contributed by atoms with Gasteiger partial charge in [0.2, 0.25) is 0 Å². The van der Waals surface area contributed by atoms with Crippen molar-refractivity contribution in [2.45, 2.75) is 12.8 Å². The molecule has 0 N–H and O–H groups in total. The van der Waals surface area contributed by atoms with E-state index in [2.05, 4.69) is 5.16 Å². The Kier molecular flexibility index (Phi) is 8.31. The monoisotopic (exact) mass is 471 g/mol. The van der Waals surface area contributed by atoms with Crippen LogP contribution in [0.3, 0.4) is 0 Å². The van der Waals surface area contributed by atoms with E-state index >= 15 is 0 Å². The molecule has 0 saturated heterocycles. The third-order valence-electron chi connectivity index (χ3n) is 3.33. The van der Waals surface area contributed by atoms with Crippen molar-refractivity contribution in [2.75, 3.05) is 6.61 Å². The molecule has 0 aliphatic carbocycles. The first-order valence-electron chi connectivity index (χ1n) is 7.61. The highest BCUT2D eigenvalue weighted by Gasteiger charge is 2.29. The van der Waals surface area contributed by atoms with Gasteiger partial charge in [0.25, 0.3) is 0 Å². The van der Waals surface area contributed by atoms with E-state index in [0.717, 1.165) is 12.1 Å². The van der Waals surface area contributed by atoms with Crippen LogP contribution in [0, 0.1) is 0 Å². The number of alkyl halides is 3. The van der Waals surface area contributed by atoms with Gasteiger partial charge in [-0.1, -0.05) is 63.7 Å². The summed E-state index contributed by atoms with van der Waals surface area (Å²) in [4.78, 5) is 5.13. The minimum Gasteiger partial charge on any atom is -0.489 e. The largest absolute Gasteiger partial charge is 0.489 e. The number of benzene rings is 2. The van der Waals surface area contributed by atoms with E-state index < -0.39 is 11.7 Å². The lowest BCUT2D eigenvalue weighted by Crippen LogP contribution is -2.04. The van der Waals surface area contributed by atoms with E-state index in [1.54, 1.807) is 12.1 Å². The molecule has 0 fully saturated rings. The highest BCUT2D eigenvalue weighted by molar-refractivity contribution is 6.55. The Balaban J connectivity index is 1.95. The second-order valence-electron chi connectivity index (χ2n) is 5.30. The molecule has 0 spiro atoms. The third-order valence-corrected chi connectivity index (χ3v) is 4.31. The van der Waals surface area contributed by atoms with Crippen LogP contribution >= 0.6 is 46.4 Å². The average Bonchev–Trinajstić information content (AvgIpc) is 2.60. The fraction of sp³-hybridized carbons (Fsp3) is 0.167. The van der Waals surface area contributed by atoms with Crippen molar-refractivity contribution in [3.63, 3.8) is 0 Å². The number of rotatable bonds is 7. The number of hydrogen-bond acceptors (Lipinski definition) is 3. The summed E-state index contributed by atoms with van der Waals surface area (Å²) in [5.74, 6) is 0.415. The molecule has 0 atom stereocenters. The summed E-state index contributed by atoms with van der Waals surface area (Å²) >= 11 is 23.3. The Morgan fingerprint density at radius 1 is 1.04 bits per heavy atom. The van der Waals surface area contributed by atoms with Crippen molar-refractivity contribution in [3.8, 4) is 5.75 Å². The van der Waals surface area contributed by atoms with Gasteiger partial charge in [-0.15, -0.1) is 0 Å². The first kappa shape index (κ1) is 22.7. The van der Waals surface area contributed by atoms with Crippen molar-refractivity contribution in [3.05, 3.63) is 73.7 Å². The fourth-order valence-corrected chi connectivity index (χ4v) is 2.66. The van der Waals surface area contributed by atoms with Gasteiger partial charge in [-0.2, -0.15) is 13.2 Å². The summed E-state index contributed by atoms with van der Waals surface area (Å²) in [6, 6.07) is 7.57. The molecule has 0 aromatic heterocycles. The van der Waals surface area contributed by atoms with Crippen molar-refractivity contribution >= 4 is 52.6 Å². The molecule has 2 aromatic carbocycles. The number of oxime groups is 1. The number of ether oxygens (including phenoxy) is 1. The Morgan fingerprint density at radius 2 is 1.64 bits per heavy atom. The highest BCUT2D eigenvalue weighted by Crippen LogP contribution is 2.31. The molecule has 0 unspecified atom stereocenters. The molecule has 2 aromatic rings. The molecule has 0 aliphatic rings. The number of hydrogen-bond donors (Lipinski definition) is 0. The van der Waals surface area contributed by atoms with Crippen molar-refractivity contribution in [2.24, 2.45) is 5.16 Å². The smallest absolute Gasteiger partial charge is 0.416 e. The van der Waals surface area contributed by atoms with Crippen LogP contribution in [0.5, 0.6) is 5.75 Å². The molecular weight excluding hydrogens is 461 g/mol. The highest BCUT2D eigenvalue weighted by atomic mass is 35.5. The summed E-state index contributed by atoms with van der Waals surface area (Å²) < 4.78 is 43.0. The Bertz CT molecular complexity index is 841. The predicted molar refractivity (Wildman–Crippen MR) is 106 cm³/mol. The van der Waals surface area contributed by atoms with Crippen LogP contribution in [-0.4, -0.2) is 12.8 Å². The van der Waals surface area contributed by atoms with Crippen LogP contribution in [0.2, 0.25) is 10.0 Å². The summed E-state index contributed by atoms with van der Waals surface area (Å²) in [5, 5.41) is 4.31. The third kappa shape index (κ3) is 7.09. The molecule has 2 rings (SSSR count). The molecule has 0 radical (unpaired) electrons. The quantitative estimate of drug-likeness (QED) is 0.313. The van der Waals surface area contributed by atoms with Gasteiger partial charge in [-0.3, -0.25) is 0 Å². The zero-order valence-electron chi connectivity index (χ0n) is 13.9. The average molecular weight is 473 g/mol. The number of halogens is 7. The maximum Gasteiger partial charge on any atom is 0.416 e. The minimum atomic E-state index is -4.39. The van der Waals surface area contributed by atoms with Gasteiger partial charge >= 0.3 is 6.18 Å². The second kappa shape index (κ2) is 10.3. The van der Waals surface area contributed by atoms with E-state index in [4.69, 9.17) is 56.0 Å². The van der Waals surface area contributed by atoms with E-state index in [9.17, 15) is 13.2 Å². The maximum absolute atomic E-state index is 12.5. The Hall–Kier alpha value is -1.60. The van der Waals surface area contributed by atoms with E-state index in [0.29, 0.717) is 26.9 Å². The molecule has 150 valence electrons. The SMILES string of the molecule is FC(F)(F)c1ccc(C=NOCc2c(Cl)cc(OCC=C(Cl)Cl)cc2Cl)cc1. The molecule has 28 heavy (non-hydrogen) atoms. The van der Waals surface area contributed by atoms with Crippen LogP contribution in [0.4, 0.5) is 13.2 Å². The number of nitrogens with zero attached hydrogens (tertiary/aromatic N) is 1. The topological polar surface area (TPSA) is 30.8 Å². The van der Waals surface area contributed by atoms with Gasteiger partial charge in [-0.05, 0) is 35.9 Å². The van der Waals surface area contributed by atoms with Gasteiger partial charge in [0, 0.05) is 5.56 Å². The van der Waals surface area contributed by atoms with Crippen molar-refractivity contribution < 1.29 is 22.7 Å². The Morgan fingerprint density at radius 3 is 2.18 bits per heavy atom. The normalized spacial score (nSPS) is 11.5. The lowest BCUT2D eigenvalue weighted by molar-refractivity contribution is -0.137. The molecule has 0 amide bonds. The molecule has 0 heterocycles. The lowest BCUT2D eigenvalue weighted by Gasteiger charge is -2.10. The van der Waals surface area contributed by atoms with Crippen LogP contribution in [-0.2, 0) is 17.6 Å². The van der Waals surface area contributed by atoms with Gasteiger partial charge < -0.3 is 9.57 Å². The first-order valence-corrected chi connectivity index (χ1v) is 9.12. The molecule has 0 aliphatic heterocycles. The molecule has 3 nitrogen and oxygen atoms in total. The van der Waals surface area contributed by atoms with Crippen molar-refractivity contribution in [1.82, 2.24) is 0 Å². The van der Waals surface area contributed by atoms with Crippen LogP contribution < -0.4 is 4.74 Å². The van der Waals surface area contributed by atoms with Gasteiger partial charge in [-0.25, -0.2) is 0 Å². The Labute approximate surface area is 179 Å². The van der Waals surface area contributed by atoms with Crippen molar-refractivity contribution in [1.29, 1.82) is 0 Å². The summed E-state index contributed by atoms with van der Waals surface area (Å²) in [7, 11) is 0. The zero-order valence-corrected chi connectivity index (χ0v) is 17.0. The zero-order chi connectivity index (χ0) is 20.7. The summed E-state index contributed by atoms with van der Waals surface area (Å²) in [6.45, 7) is 0.102. The first-order chi connectivity index (χ1) is 13.2. The lowest BCUT2D eigenvalue weighted by atomic mass is 10.1. The van der Waals surface area contributed by atoms with Crippen LogP contribution in [0.15, 0.2) is 52.1 Å². The molecular formula is C18H12Cl4F3NO2. The van der Waals surface area contributed by atoms with Crippen LogP contribution in [0.1, 0.15) is 16.7 Å². The van der Waals surface area contributed by atoms with Gasteiger partial charge in [0.05, 0.1) is 21.8 Å². The maximum atomic E-state index is 12.5. The standard InChI is InChI=1S/C18H12Cl4F3NO2/c19-15-7-13(27-6-5-17(21)22)8-16(20)14(15)10-28-26-9-11-1-3-12(4-2-11)18(23,24)25/h1-5,7-9H,6,10H2. The molecule has 0 saturated carbocycles. The fourth-order valence-electron chi connectivity index (χ4n) is 1.96. The summed E-state index contributed by atoms with van der Waals surface area (Å²) in [5.41, 5.74) is 0.182. The van der Waals surface area contributed by atoms with E-state index in [-0.39, 0.29) is 17.7 Å². The molecule has 10 heteroatoms. The van der Waals surface area contributed by atoms with Gasteiger partial charge in [0.15, 0.2) is 0 Å². The second-order valence-corrected chi connectivity index (χ2v) is 7.12.